The van der Waals surface area contributed by atoms with E-state index in [9.17, 15) is 4.79 Å². The predicted octanol–water partition coefficient (Wildman–Crippen LogP) is 2.38. The van der Waals surface area contributed by atoms with Gasteiger partial charge in [0.1, 0.15) is 0 Å². The zero-order valence-electron chi connectivity index (χ0n) is 10.5. The van der Waals surface area contributed by atoms with E-state index in [4.69, 9.17) is 8.94 Å². The smallest absolute Gasteiger partial charge is 0.376 e. The number of hydrogen-bond acceptors (Lipinski definition) is 6. The van der Waals surface area contributed by atoms with Crippen LogP contribution >= 0.6 is 0 Å². The lowest BCUT2D eigenvalue weighted by atomic mass is 10.2. The first-order valence-corrected chi connectivity index (χ1v) is 5.67. The molecule has 0 amide bonds. The Morgan fingerprint density at radius 3 is 2.83 bits per heavy atom. The van der Waals surface area contributed by atoms with Crippen LogP contribution in [0.1, 0.15) is 35.3 Å². The standard InChI is InChI=1S/C12H14N2O4/c1-4-5-8-10(12(15)16-3)17-11(13-8)9-6-7(2)14-18-9/h6H,4-5H2,1-3H3. The van der Waals surface area contributed by atoms with Crippen molar-refractivity contribution in [3.8, 4) is 11.7 Å². The number of hydrogen-bond donors (Lipinski definition) is 0. The number of aryl methyl sites for hydroxylation is 2. The average Bonchev–Trinajstić information content (AvgIpc) is 2.95. The molecule has 2 aromatic heterocycles. The van der Waals surface area contributed by atoms with Crippen molar-refractivity contribution in [1.82, 2.24) is 10.1 Å². The number of ether oxygens (including phenoxy) is 1. The normalized spacial score (nSPS) is 10.6. The largest absolute Gasteiger partial charge is 0.463 e. The summed E-state index contributed by atoms with van der Waals surface area (Å²) in [6.07, 6.45) is 1.49. The molecule has 0 atom stereocenters. The second-order valence-corrected chi connectivity index (χ2v) is 3.87. The van der Waals surface area contributed by atoms with Crippen LogP contribution in [0.5, 0.6) is 0 Å². The maximum absolute atomic E-state index is 11.6. The minimum absolute atomic E-state index is 0.128. The summed E-state index contributed by atoms with van der Waals surface area (Å²) in [6, 6.07) is 1.70. The Morgan fingerprint density at radius 2 is 2.28 bits per heavy atom. The molecule has 0 aliphatic heterocycles. The van der Waals surface area contributed by atoms with Crippen LogP contribution in [0.4, 0.5) is 0 Å². The summed E-state index contributed by atoms with van der Waals surface area (Å²) < 4.78 is 15.1. The van der Waals surface area contributed by atoms with Crippen LogP contribution in [-0.4, -0.2) is 23.2 Å². The molecule has 0 fully saturated rings. The Balaban J connectivity index is 2.41. The van der Waals surface area contributed by atoms with Crippen LogP contribution < -0.4 is 0 Å². The Labute approximate surface area is 104 Å². The number of nitrogens with zero attached hydrogens (tertiary/aromatic N) is 2. The van der Waals surface area contributed by atoms with Gasteiger partial charge in [0.25, 0.3) is 5.89 Å². The quantitative estimate of drug-likeness (QED) is 0.775. The number of aromatic nitrogens is 2. The van der Waals surface area contributed by atoms with E-state index in [0.29, 0.717) is 17.9 Å². The van der Waals surface area contributed by atoms with Gasteiger partial charge in [0.15, 0.2) is 0 Å². The number of carbonyl (C=O) groups excluding carboxylic acids is 1. The molecule has 2 heterocycles. The van der Waals surface area contributed by atoms with Crippen molar-refractivity contribution in [2.24, 2.45) is 0 Å². The van der Waals surface area contributed by atoms with Crippen molar-refractivity contribution in [3.63, 3.8) is 0 Å². The van der Waals surface area contributed by atoms with E-state index in [1.807, 2.05) is 6.92 Å². The highest BCUT2D eigenvalue weighted by Crippen LogP contribution is 2.24. The third kappa shape index (κ3) is 2.27. The fourth-order valence-corrected chi connectivity index (χ4v) is 1.58. The molecule has 2 rings (SSSR count). The number of methoxy groups -OCH3 is 1. The van der Waals surface area contributed by atoms with E-state index in [-0.39, 0.29) is 11.7 Å². The van der Waals surface area contributed by atoms with E-state index >= 15 is 0 Å². The molecule has 0 spiro atoms. The van der Waals surface area contributed by atoms with Gasteiger partial charge in [-0.05, 0) is 13.3 Å². The molecule has 6 nitrogen and oxygen atoms in total. The Morgan fingerprint density at radius 1 is 1.50 bits per heavy atom. The molecule has 0 aromatic carbocycles. The molecule has 0 aliphatic rings. The maximum atomic E-state index is 11.6. The first kappa shape index (κ1) is 12.3. The lowest BCUT2D eigenvalue weighted by Gasteiger charge is -1.95. The third-order valence-electron chi connectivity index (χ3n) is 2.39. The highest BCUT2D eigenvalue weighted by molar-refractivity contribution is 5.87. The second kappa shape index (κ2) is 5.03. The highest BCUT2D eigenvalue weighted by Gasteiger charge is 2.22. The summed E-state index contributed by atoms with van der Waals surface area (Å²) in [5.41, 5.74) is 1.30. The molecule has 0 aliphatic carbocycles. The molecule has 0 bridgehead atoms. The molecule has 0 N–H and O–H groups in total. The van der Waals surface area contributed by atoms with Gasteiger partial charge < -0.3 is 13.7 Å². The molecule has 0 radical (unpaired) electrons. The van der Waals surface area contributed by atoms with Gasteiger partial charge in [0.2, 0.25) is 11.5 Å². The Kier molecular flexibility index (Phi) is 3.45. The number of oxazole rings is 1. The first-order valence-electron chi connectivity index (χ1n) is 5.67. The lowest BCUT2D eigenvalue weighted by molar-refractivity contribution is 0.0564. The molecule has 0 saturated heterocycles. The van der Waals surface area contributed by atoms with E-state index in [2.05, 4.69) is 14.9 Å². The van der Waals surface area contributed by atoms with Crippen LogP contribution in [0.25, 0.3) is 11.7 Å². The van der Waals surface area contributed by atoms with Gasteiger partial charge in [-0.3, -0.25) is 0 Å². The van der Waals surface area contributed by atoms with Crippen LogP contribution in [0, 0.1) is 6.92 Å². The minimum atomic E-state index is -0.534. The zero-order valence-corrected chi connectivity index (χ0v) is 10.5. The fourth-order valence-electron chi connectivity index (χ4n) is 1.58. The SMILES string of the molecule is CCCc1nc(-c2cc(C)no2)oc1C(=O)OC. The molecule has 0 saturated carbocycles. The van der Waals surface area contributed by atoms with E-state index < -0.39 is 5.97 Å². The van der Waals surface area contributed by atoms with Crippen LogP contribution in [-0.2, 0) is 11.2 Å². The molecule has 96 valence electrons. The number of esters is 1. The first-order chi connectivity index (χ1) is 8.65. The zero-order chi connectivity index (χ0) is 13.1. The molecule has 2 aromatic rings. The van der Waals surface area contributed by atoms with Crippen molar-refractivity contribution in [1.29, 1.82) is 0 Å². The van der Waals surface area contributed by atoms with Crippen LogP contribution in [0.15, 0.2) is 15.0 Å². The van der Waals surface area contributed by atoms with Gasteiger partial charge in [-0.1, -0.05) is 18.5 Å². The second-order valence-electron chi connectivity index (χ2n) is 3.87. The number of carbonyl (C=O) groups is 1. The van der Waals surface area contributed by atoms with Gasteiger partial charge in [-0.25, -0.2) is 9.78 Å². The van der Waals surface area contributed by atoms with E-state index in [1.54, 1.807) is 13.0 Å². The highest BCUT2D eigenvalue weighted by atomic mass is 16.5. The summed E-state index contributed by atoms with van der Waals surface area (Å²) >= 11 is 0. The average molecular weight is 250 g/mol. The third-order valence-corrected chi connectivity index (χ3v) is 2.39. The van der Waals surface area contributed by atoms with Crippen LogP contribution in [0.3, 0.4) is 0 Å². The molecule has 6 heteroatoms. The summed E-state index contributed by atoms with van der Waals surface area (Å²) in [5.74, 6) is 0.247. The molecule has 0 unspecified atom stereocenters. The predicted molar refractivity (Wildman–Crippen MR) is 62.1 cm³/mol. The fraction of sp³-hybridized carbons (Fsp3) is 0.417. The molecular formula is C12H14N2O4. The summed E-state index contributed by atoms with van der Waals surface area (Å²) in [7, 11) is 1.30. The minimum Gasteiger partial charge on any atom is -0.463 e. The van der Waals surface area contributed by atoms with Crippen molar-refractivity contribution in [2.45, 2.75) is 26.7 Å². The van der Waals surface area contributed by atoms with Gasteiger partial charge >= 0.3 is 5.97 Å². The van der Waals surface area contributed by atoms with Gasteiger partial charge in [-0.2, -0.15) is 0 Å². The van der Waals surface area contributed by atoms with Crippen LogP contribution in [0.2, 0.25) is 0 Å². The monoisotopic (exact) mass is 250 g/mol. The Hall–Kier alpha value is -2.11. The van der Waals surface area contributed by atoms with E-state index in [0.717, 1.165) is 12.1 Å². The van der Waals surface area contributed by atoms with Gasteiger partial charge in [0, 0.05) is 6.07 Å². The van der Waals surface area contributed by atoms with Crippen molar-refractivity contribution < 1.29 is 18.5 Å². The Bertz CT molecular complexity index is 556. The summed E-state index contributed by atoms with van der Waals surface area (Å²) in [6.45, 7) is 3.79. The van der Waals surface area contributed by atoms with Crippen molar-refractivity contribution >= 4 is 5.97 Å². The van der Waals surface area contributed by atoms with Crippen molar-refractivity contribution in [3.05, 3.63) is 23.2 Å². The van der Waals surface area contributed by atoms with Crippen molar-refractivity contribution in [2.75, 3.05) is 7.11 Å². The molecular weight excluding hydrogens is 236 g/mol. The lowest BCUT2D eigenvalue weighted by Crippen LogP contribution is -2.03. The van der Waals surface area contributed by atoms with Gasteiger partial charge in [-0.15, -0.1) is 0 Å². The molecule has 18 heavy (non-hydrogen) atoms. The van der Waals surface area contributed by atoms with E-state index in [1.165, 1.54) is 7.11 Å². The van der Waals surface area contributed by atoms with Gasteiger partial charge in [0.05, 0.1) is 18.5 Å². The number of rotatable bonds is 4. The topological polar surface area (TPSA) is 78.4 Å². The maximum Gasteiger partial charge on any atom is 0.376 e. The summed E-state index contributed by atoms with van der Waals surface area (Å²) in [5, 5.41) is 3.75. The summed E-state index contributed by atoms with van der Waals surface area (Å²) in [4.78, 5) is 15.8.